The number of anilines is 1. The highest BCUT2D eigenvalue weighted by molar-refractivity contribution is 7.17. The van der Waals surface area contributed by atoms with Crippen molar-refractivity contribution in [3.63, 3.8) is 0 Å². The Morgan fingerprint density at radius 2 is 1.97 bits per heavy atom. The Morgan fingerprint density at radius 3 is 2.85 bits per heavy atom. The van der Waals surface area contributed by atoms with Crippen molar-refractivity contribution in [3.05, 3.63) is 64.3 Å². The summed E-state index contributed by atoms with van der Waals surface area (Å²) in [5.41, 5.74) is 3.18. The van der Waals surface area contributed by atoms with Gasteiger partial charge >= 0.3 is 0 Å². The number of nitrogens with one attached hydrogen (secondary N) is 1. The number of rotatable bonds is 8. The van der Waals surface area contributed by atoms with Gasteiger partial charge in [0.15, 0.2) is 0 Å². The van der Waals surface area contributed by atoms with Crippen LogP contribution in [0.2, 0.25) is 0 Å². The summed E-state index contributed by atoms with van der Waals surface area (Å²) in [4.78, 5) is 17.0. The first-order chi connectivity index (χ1) is 16.2. The Hall–Kier alpha value is -2.48. The average Bonchev–Trinajstić information content (AvgIpc) is 3.31. The molecular formula is C26H30FN3O2S. The van der Waals surface area contributed by atoms with E-state index in [9.17, 15) is 9.18 Å². The molecule has 1 saturated heterocycles. The first-order valence-corrected chi connectivity index (χ1v) is 12.7. The van der Waals surface area contributed by atoms with Gasteiger partial charge in [0.1, 0.15) is 5.82 Å². The highest BCUT2D eigenvalue weighted by Crippen LogP contribution is 2.31. The number of benzene rings is 2. The van der Waals surface area contributed by atoms with Gasteiger partial charge in [-0.25, -0.2) is 4.39 Å². The third-order valence-corrected chi connectivity index (χ3v) is 7.54. The molecule has 1 N–H and O–H groups in total. The second kappa shape index (κ2) is 10.2. The summed E-state index contributed by atoms with van der Waals surface area (Å²) in [5, 5.41) is 6.34. The maximum atomic E-state index is 14.3. The van der Waals surface area contributed by atoms with Crippen LogP contribution in [0.3, 0.4) is 0 Å². The molecule has 1 fully saturated rings. The number of thiophene rings is 1. The van der Waals surface area contributed by atoms with Gasteiger partial charge in [-0.1, -0.05) is 6.07 Å². The van der Waals surface area contributed by atoms with Gasteiger partial charge in [-0.2, -0.15) is 0 Å². The molecule has 0 spiro atoms. The van der Waals surface area contributed by atoms with Crippen LogP contribution in [0.25, 0.3) is 10.1 Å². The maximum absolute atomic E-state index is 14.3. The molecule has 0 unspecified atom stereocenters. The lowest BCUT2D eigenvalue weighted by molar-refractivity contribution is 0.0944. The lowest BCUT2D eigenvalue weighted by Gasteiger charge is -2.36. The summed E-state index contributed by atoms with van der Waals surface area (Å²) in [6.45, 7) is 6.69. The number of carbonyl (C=O) groups excluding carboxylic acids is 1. The quantitative estimate of drug-likeness (QED) is 0.498. The van der Waals surface area contributed by atoms with Gasteiger partial charge in [0.2, 0.25) is 0 Å². The number of fused-ring (bicyclic) bond motifs is 2. The Kier molecular flexibility index (Phi) is 6.90. The summed E-state index contributed by atoms with van der Waals surface area (Å²) in [6, 6.07) is 12.0. The van der Waals surface area contributed by atoms with Crippen LogP contribution in [0, 0.1) is 5.82 Å². The van der Waals surface area contributed by atoms with E-state index >= 15 is 0 Å². The van der Waals surface area contributed by atoms with E-state index in [-0.39, 0.29) is 18.3 Å². The summed E-state index contributed by atoms with van der Waals surface area (Å²) in [6.07, 6.45) is 2.69. The SMILES string of the molecule is O=C1NCCc2cc(F)c(COCCCCN3CCN(c4cccc5sccc45)CC3)cc21. The first-order valence-electron chi connectivity index (χ1n) is 11.8. The number of nitrogens with zero attached hydrogens (tertiary/aromatic N) is 2. The zero-order chi connectivity index (χ0) is 22.6. The fourth-order valence-electron chi connectivity index (χ4n) is 4.78. The predicted molar refractivity (Wildman–Crippen MR) is 132 cm³/mol. The van der Waals surface area contributed by atoms with E-state index in [0.717, 1.165) is 51.1 Å². The fraction of sp³-hybridized carbons (Fsp3) is 0.423. The fourth-order valence-corrected chi connectivity index (χ4v) is 5.59. The highest BCUT2D eigenvalue weighted by atomic mass is 32.1. The van der Waals surface area contributed by atoms with E-state index in [1.807, 2.05) is 0 Å². The molecule has 3 aromatic rings. The molecule has 7 heteroatoms. The average molecular weight is 468 g/mol. The maximum Gasteiger partial charge on any atom is 0.251 e. The van der Waals surface area contributed by atoms with Crippen LogP contribution in [0.4, 0.5) is 10.1 Å². The van der Waals surface area contributed by atoms with Gasteiger partial charge in [0.25, 0.3) is 5.91 Å². The molecule has 2 aliphatic heterocycles. The first kappa shape index (κ1) is 22.3. The molecule has 1 aromatic heterocycles. The van der Waals surface area contributed by atoms with Crippen LogP contribution < -0.4 is 10.2 Å². The Morgan fingerprint density at radius 1 is 1.09 bits per heavy atom. The zero-order valence-corrected chi connectivity index (χ0v) is 19.6. The highest BCUT2D eigenvalue weighted by Gasteiger charge is 2.20. The van der Waals surface area contributed by atoms with Gasteiger partial charge in [-0.3, -0.25) is 9.69 Å². The van der Waals surface area contributed by atoms with Crippen LogP contribution in [0.1, 0.15) is 34.3 Å². The van der Waals surface area contributed by atoms with Crippen molar-refractivity contribution < 1.29 is 13.9 Å². The van der Waals surface area contributed by atoms with Gasteiger partial charge < -0.3 is 15.0 Å². The molecular weight excluding hydrogens is 437 g/mol. The smallest absolute Gasteiger partial charge is 0.251 e. The minimum atomic E-state index is -0.278. The number of piperazine rings is 1. The topological polar surface area (TPSA) is 44.8 Å². The standard InChI is InChI=1S/C26H30FN3O2S/c27-23-17-19-6-8-28-26(31)22(19)16-20(23)18-32-14-2-1-9-29-10-12-30(13-11-29)24-4-3-5-25-21(24)7-15-33-25/h3-5,7,15-17H,1-2,6,8-14,18H2,(H,28,31). The third-order valence-electron chi connectivity index (χ3n) is 6.65. The van der Waals surface area contributed by atoms with Crippen LogP contribution in [-0.2, 0) is 17.8 Å². The normalized spacial score (nSPS) is 16.8. The van der Waals surface area contributed by atoms with Gasteiger partial charge in [-0.15, -0.1) is 11.3 Å². The summed E-state index contributed by atoms with van der Waals surface area (Å²) >= 11 is 1.80. The second-order valence-electron chi connectivity index (χ2n) is 8.80. The van der Waals surface area contributed by atoms with Crippen molar-refractivity contribution in [2.45, 2.75) is 25.9 Å². The molecule has 0 aliphatic carbocycles. The minimum absolute atomic E-state index is 0.121. The molecule has 0 bridgehead atoms. The van der Waals surface area contributed by atoms with E-state index in [1.54, 1.807) is 17.4 Å². The van der Waals surface area contributed by atoms with Gasteiger partial charge in [0.05, 0.1) is 6.61 Å². The van der Waals surface area contributed by atoms with Crippen LogP contribution in [-0.4, -0.2) is 56.7 Å². The number of hydrogen-bond acceptors (Lipinski definition) is 5. The molecule has 33 heavy (non-hydrogen) atoms. The summed E-state index contributed by atoms with van der Waals surface area (Å²) < 4.78 is 21.4. The Bertz CT molecular complexity index is 1120. The number of carbonyl (C=O) groups is 1. The van der Waals surface area contributed by atoms with Crippen LogP contribution in [0.15, 0.2) is 41.8 Å². The molecule has 0 atom stereocenters. The molecule has 174 valence electrons. The number of amides is 1. The Labute approximate surface area is 198 Å². The number of ether oxygens (including phenoxy) is 1. The number of hydrogen-bond donors (Lipinski definition) is 1. The van der Waals surface area contributed by atoms with Crippen molar-refractivity contribution in [1.82, 2.24) is 10.2 Å². The molecule has 2 aromatic carbocycles. The largest absolute Gasteiger partial charge is 0.377 e. The van der Waals surface area contributed by atoms with Crippen molar-refractivity contribution in [1.29, 1.82) is 0 Å². The molecule has 5 nitrogen and oxygen atoms in total. The summed E-state index contributed by atoms with van der Waals surface area (Å²) in [7, 11) is 0. The van der Waals surface area contributed by atoms with Gasteiger partial charge in [-0.05, 0) is 67.1 Å². The molecule has 0 saturated carbocycles. The summed E-state index contributed by atoms with van der Waals surface area (Å²) in [5.74, 6) is -0.399. The second-order valence-corrected chi connectivity index (χ2v) is 9.75. The van der Waals surface area contributed by atoms with E-state index in [4.69, 9.17) is 4.74 Å². The van der Waals surface area contributed by atoms with Crippen LogP contribution in [0.5, 0.6) is 0 Å². The minimum Gasteiger partial charge on any atom is -0.377 e. The third kappa shape index (κ3) is 5.05. The number of halogens is 1. The number of unbranched alkanes of at least 4 members (excludes halogenated alkanes) is 1. The Balaban J connectivity index is 1.02. The van der Waals surface area contributed by atoms with E-state index in [0.29, 0.717) is 30.7 Å². The molecule has 2 aliphatic rings. The molecule has 3 heterocycles. The van der Waals surface area contributed by atoms with E-state index < -0.39 is 0 Å². The van der Waals surface area contributed by atoms with Crippen LogP contribution >= 0.6 is 11.3 Å². The van der Waals surface area contributed by atoms with Gasteiger partial charge in [0, 0.05) is 66.2 Å². The van der Waals surface area contributed by atoms with E-state index in [2.05, 4.69) is 44.8 Å². The lowest BCUT2D eigenvalue weighted by atomic mass is 9.97. The zero-order valence-electron chi connectivity index (χ0n) is 18.8. The monoisotopic (exact) mass is 467 g/mol. The molecule has 0 radical (unpaired) electrons. The lowest BCUT2D eigenvalue weighted by Crippen LogP contribution is -2.46. The predicted octanol–water partition coefficient (Wildman–Crippen LogP) is 4.45. The van der Waals surface area contributed by atoms with E-state index in [1.165, 1.54) is 21.8 Å². The molecule has 1 amide bonds. The van der Waals surface area contributed by atoms with Crippen molar-refractivity contribution in [3.8, 4) is 0 Å². The van der Waals surface area contributed by atoms with Crippen molar-refractivity contribution in [2.75, 3.05) is 50.8 Å². The van der Waals surface area contributed by atoms with Crippen molar-refractivity contribution >= 4 is 33.0 Å². The molecule has 5 rings (SSSR count). The van der Waals surface area contributed by atoms with Crippen molar-refractivity contribution in [2.24, 2.45) is 0 Å².